The molecule has 0 radical (unpaired) electrons. The molecule has 1 aromatic heterocycles. The smallest absolute Gasteiger partial charge is 0.270 e. The van der Waals surface area contributed by atoms with E-state index in [0.29, 0.717) is 11.1 Å². The topological polar surface area (TPSA) is 78.0 Å². The monoisotopic (exact) mass is 271 g/mol. The Hall–Kier alpha value is -2.76. The molecule has 0 atom stereocenters. The molecule has 0 unspecified atom stereocenters. The van der Waals surface area contributed by atoms with Crippen molar-refractivity contribution in [2.75, 3.05) is 0 Å². The maximum absolute atomic E-state index is 12.0. The average Bonchev–Trinajstić information content (AvgIpc) is 2.77. The van der Waals surface area contributed by atoms with Gasteiger partial charge in [-0.3, -0.25) is 19.6 Å². The first kappa shape index (κ1) is 13.7. The van der Waals surface area contributed by atoms with Gasteiger partial charge in [-0.25, -0.2) is 0 Å². The molecule has 0 fully saturated rings. The van der Waals surface area contributed by atoms with Crippen molar-refractivity contribution in [2.45, 2.75) is 6.92 Å². The SMILES string of the molecule is Cc1c(C(=O)/C=C/c2cccc([N+](=O)[O-])c2)cnn1C. The van der Waals surface area contributed by atoms with Crippen LogP contribution in [0.2, 0.25) is 0 Å². The molecule has 6 nitrogen and oxygen atoms in total. The first-order valence-electron chi connectivity index (χ1n) is 5.94. The van der Waals surface area contributed by atoms with Crippen LogP contribution in [-0.4, -0.2) is 20.5 Å². The van der Waals surface area contributed by atoms with Crippen LogP contribution in [0.15, 0.2) is 36.5 Å². The van der Waals surface area contributed by atoms with E-state index in [9.17, 15) is 14.9 Å². The minimum atomic E-state index is -0.468. The van der Waals surface area contributed by atoms with Crippen LogP contribution in [0.5, 0.6) is 0 Å². The molecule has 0 spiro atoms. The number of nitro benzene ring substituents is 1. The van der Waals surface area contributed by atoms with Crippen LogP contribution in [-0.2, 0) is 7.05 Å². The molecule has 1 aromatic carbocycles. The molecule has 0 saturated heterocycles. The second kappa shape index (κ2) is 5.48. The summed E-state index contributed by atoms with van der Waals surface area (Å²) in [6.07, 6.45) is 4.46. The Kier molecular flexibility index (Phi) is 3.74. The van der Waals surface area contributed by atoms with E-state index in [1.165, 1.54) is 24.4 Å². The van der Waals surface area contributed by atoms with Gasteiger partial charge in [-0.05, 0) is 18.6 Å². The van der Waals surface area contributed by atoms with Crippen molar-refractivity contribution in [3.8, 4) is 0 Å². The predicted octanol–water partition coefficient (Wildman–Crippen LogP) is 2.53. The molecular weight excluding hydrogens is 258 g/mol. The van der Waals surface area contributed by atoms with Gasteiger partial charge in [0.1, 0.15) is 0 Å². The number of hydrogen-bond donors (Lipinski definition) is 0. The number of nitrogens with zero attached hydrogens (tertiary/aromatic N) is 3. The number of rotatable bonds is 4. The predicted molar refractivity (Wildman–Crippen MR) is 74.4 cm³/mol. The number of aromatic nitrogens is 2. The lowest BCUT2D eigenvalue weighted by atomic mass is 10.1. The summed E-state index contributed by atoms with van der Waals surface area (Å²) in [7, 11) is 1.76. The quantitative estimate of drug-likeness (QED) is 0.370. The van der Waals surface area contributed by atoms with E-state index in [2.05, 4.69) is 5.10 Å². The third-order valence-corrected chi connectivity index (χ3v) is 3.01. The summed E-state index contributed by atoms with van der Waals surface area (Å²) in [4.78, 5) is 22.2. The minimum Gasteiger partial charge on any atom is -0.289 e. The van der Waals surface area contributed by atoms with Crippen molar-refractivity contribution in [1.82, 2.24) is 9.78 Å². The maximum atomic E-state index is 12.0. The first-order chi connectivity index (χ1) is 9.49. The molecule has 0 aliphatic carbocycles. The van der Waals surface area contributed by atoms with E-state index < -0.39 is 4.92 Å². The Morgan fingerprint density at radius 2 is 2.20 bits per heavy atom. The van der Waals surface area contributed by atoms with Gasteiger partial charge in [-0.15, -0.1) is 0 Å². The zero-order valence-electron chi connectivity index (χ0n) is 11.1. The molecule has 102 valence electrons. The van der Waals surface area contributed by atoms with Crippen LogP contribution in [0.3, 0.4) is 0 Å². The summed E-state index contributed by atoms with van der Waals surface area (Å²) in [5.41, 5.74) is 1.90. The number of ketones is 1. The Bertz CT molecular complexity index is 701. The van der Waals surface area contributed by atoms with Gasteiger partial charge in [0.2, 0.25) is 0 Å². The number of carbonyl (C=O) groups is 1. The highest BCUT2D eigenvalue weighted by Gasteiger charge is 2.10. The summed E-state index contributed by atoms with van der Waals surface area (Å²) in [6, 6.07) is 6.11. The highest BCUT2D eigenvalue weighted by Crippen LogP contribution is 2.15. The Labute approximate surface area is 115 Å². The molecule has 1 heterocycles. The van der Waals surface area contributed by atoms with Gasteiger partial charge >= 0.3 is 0 Å². The van der Waals surface area contributed by atoms with Gasteiger partial charge in [-0.1, -0.05) is 18.2 Å². The van der Waals surface area contributed by atoms with Crippen LogP contribution < -0.4 is 0 Å². The number of hydrogen-bond acceptors (Lipinski definition) is 4. The van der Waals surface area contributed by atoms with Crippen molar-refractivity contribution in [1.29, 1.82) is 0 Å². The zero-order valence-corrected chi connectivity index (χ0v) is 11.1. The minimum absolute atomic E-state index is 0.00263. The van der Waals surface area contributed by atoms with Gasteiger partial charge in [0, 0.05) is 24.9 Å². The van der Waals surface area contributed by atoms with Crippen LogP contribution in [0.1, 0.15) is 21.6 Å². The molecule has 0 aliphatic heterocycles. The molecule has 6 heteroatoms. The fourth-order valence-electron chi connectivity index (χ4n) is 1.74. The second-order valence-electron chi connectivity index (χ2n) is 4.32. The van der Waals surface area contributed by atoms with Crippen molar-refractivity contribution in [2.24, 2.45) is 7.05 Å². The number of aryl methyl sites for hydroxylation is 1. The number of benzene rings is 1. The Morgan fingerprint density at radius 1 is 1.45 bits per heavy atom. The zero-order chi connectivity index (χ0) is 14.7. The van der Waals surface area contributed by atoms with E-state index in [1.54, 1.807) is 36.9 Å². The highest BCUT2D eigenvalue weighted by atomic mass is 16.6. The number of allylic oxidation sites excluding steroid dienone is 1. The summed E-state index contributed by atoms with van der Waals surface area (Å²) in [5.74, 6) is -0.179. The summed E-state index contributed by atoms with van der Waals surface area (Å²) < 4.78 is 1.62. The van der Waals surface area contributed by atoms with Gasteiger partial charge < -0.3 is 0 Å². The van der Waals surface area contributed by atoms with E-state index in [0.717, 1.165) is 5.69 Å². The van der Waals surface area contributed by atoms with Gasteiger partial charge in [0.15, 0.2) is 5.78 Å². The molecule has 2 aromatic rings. The van der Waals surface area contributed by atoms with Gasteiger partial charge in [-0.2, -0.15) is 5.10 Å². The third-order valence-electron chi connectivity index (χ3n) is 3.01. The fourth-order valence-corrected chi connectivity index (χ4v) is 1.74. The van der Waals surface area contributed by atoms with Gasteiger partial charge in [0.05, 0.1) is 16.7 Å². The largest absolute Gasteiger partial charge is 0.289 e. The number of carbonyl (C=O) groups excluding carboxylic acids is 1. The van der Waals surface area contributed by atoms with Crippen molar-refractivity contribution in [3.05, 3.63) is 63.5 Å². The molecular formula is C14H13N3O3. The third kappa shape index (κ3) is 2.80. The lowest BCUT2D eigenvalue weighted by Gasteiger charge is -1.96. The maximum Gasteiger partial charge on any atom is 0.270 e. The van der Waals surface area contributed by atoms with E-state index in [4.69, 9.17) is 0 Å². The van der Waals surface area contributed by atoms with Crippen molar-refractivity contribution in [3.63, 3.8) is 0 Å². The lowest BCUT2D eigenvalue weighted by molar-refractivity contribution is -0.384. The first-order valence-corrected chi connectivity index (χ1v) is 5.94. The standard InChI is InChI=1S/C14H13N3O3/c1-10-13(9-15-16(10)2)14(18)7-6-11-4-3-5-12(8-11)17(19)20/h3-9H,1-2H3/b7-6+. The Balaban J connectivity index is 2.21. The molecule has 0 aliphatic rings. The highest BCUT2D eigenvalue weighted by molar-refractivity contribution is 6.07. The van der Waals surface area contributed by atoms with Gasteiger partial charge in [0.25, 0.3) is 5.69 Å². The lowest BCUT2D eigenvalue weighted by Crippen LogP contribution is -1.98. The molecule has 2 rings (SSSR count). The number of nitro groups is 1. The molecule has 0 amide bonds. The van der Waals surface area contributed by atoms with E-state index in [1.807, 2.05) is 0 Å². The van der Waals surface area contributed by atoms with Crippen LogP contribution in [0.25, 0.3) is 6.08 Å². The van der Waals surface area contributed by atoms with E-state index in [-0.39, 0.29) is 11.5 Å². The summed E-state index contributed by atoms with van der Waals surface area (Å²) in [5, 5.41) is 14.7. The van der Waals surface area contributed by atoms with Crippen molar-refractivity contribution >= 4 is 17.5 Å². The summed E-state index contributed by atoms with van der Waals surface area (Å²) >= 11 is 0. The molecule has 0 bridgehead atoms. The molecule has 0 N–H and O–H groups in total. The fraction of sp³-hybridized carbons (Fsp3) is 0.143. The van der Waals surface area contributed by atoms with Crippen LogP contribution in [0.4, 0.5) is 5.69 Å². The average molecular weight is 271 g/mol. The number of non-ortho nitro benzene ring substituents is 1. The second-order valence-corrected chi connectivity index (χ2v) is 4.32. The Morgan fingerprint density at radius 3 is 2.80 bits per heavy atom. The van der Waals surface area contributed by atoms with Crippen LogP contribution in [0, 0.1) is 17.0 Å². The molecule has 0 saturated carbocycles. The molecule has 20 heavy (non-hydrogen) atoms. The van der Waals surface area contributed by atoms with E-state index >= 15 is 0 Å². The van der Waals surface area contributed by atoms with Crippen molar-refractivity contribution < 1.29 is 9.72 Å². The van der Waals surface area contributed by atoms with Crippen LogP contribution >= 0.6 is 0 Å². The normalized spacial score (nSPS) is 10.9. The summed E-state index contributed by atoms with van der Waals surface area (Å²) in [6.45, 7) is 1.81.